The average Bonchev–Trinajstić information content (AvgIpc) is 3.28. The van der Waals surface area contributed by atoms with Crippen LogP contribution in [0.25, 0.3) is 0 Å². The summed E-state index contributed by atoms with van der Waals surface area (Å²) < 4.78 is 13.8. The van der Waals surface area contributed by atoms with Gasteiger partial charge in [0.25, 0.3) is 0 Å². The molecule has 0 aliphatic carbocycles. The molecule has 3 aromatic rings. The van der Waals surface area contributed by atoms with Crippen LogP contribution in [0.5, 0.6) is 11.5 Å². The minimum atomic E-state index is -0.846. The summed E-state index contributed by atoms with van der Waals surface area (Å²) in [6, 6.07) is 15.9. The van der Waals surface area contributed by atoms with Crippen molar-refractivity contribution < 1.29 is 14.6 Å². The fraction of sp³-hybridized carbons (Fsp3) is 0.444. The molecule has 34 heavy (non-hydrogen) atoms. The van der Waals surface area contributed by atoms with Crippen LogP contribution in [0.4, 0.5) is 0 Å². The molecule has 6 nitrogen and oxygen atoms in total. The molecule has 1 atom stereocenters. The smallest absolute Gasteiger partial charge is 0.138 e. The molecule has 1 aliphatic heterocycles. The molecule has 1 saturated heterocycles. The normalized spacial score (nSPS) is 19.0. The summed E-state index contributed by atoms with van der Waals surface area (Å²) in [5, 5.41) is 16.0. The fourth-order valence-corrected chi connectivity index (χ4v) is 4.48. The zero-order valence-electron chi connectivity index (χ0n) is 19.8. The lowest BCUT2D eigenvalue weighted by atomic mass is 9.96. The zero-order valence-corrected chi connectivity index (χ0v) is 20.6. The van der Waals surface area contributed by atoms with E-state index in [4.69, 9.17) is 21.1 Å². The van der Waals surface area contributed by atoms with Crippen molar-refractivity contribution >= 4 is 11.6 Å². The van der Waals surface area contributed by atoms with Crippen molar-refractivity contribution in [1.29, 1.82) is 0 Å². The van der Waals surface area contributed by atoms with E-state index in [2.05, 4.69) is 22.1 Å². The molecular weight excluding hydrogens is 450 g/mol. The number of ether oxygens (including phenoxy) is 2. The first kappa shape index (κ1) is 24.6. The number of likely N-dealkylation sites (tertiary alicyclic amines) is 1. The van der Waals surface area contributed by atoms with E-state index in [0.717, 1.165) is 50.3 Å². The molecule has 0 saturated carbocycles. The Labute approximate surface area is 207 Å². The lowest BCUT2D eigenvalue weighted by Gasteiger charge is -2.27. The molecule has 1 unspecified atom stereocenters. The number of nitrogens with zero attached hydrogens (tertiary/aromatic N) is 3. The summed E-state index contributed by atoms with van der Waals surface area (Å²) in [5.41, 5.74) is 1.46. The first-order valence-corrected chi connectivity index (χ1v) is 12.4. The highest BCUT2D eigenvalue weighted by molar-refractivity contribution is 6.32. The molecule has 7 heteroatoms. The summed E-state index contributed by atoms with van der Waals surface area (Å²) in [7, 11) is 0. The Morgan fingerprint density at radius 2 is 2.00 bits per heavy atom. The van der Waals surface area contributed by atoms with Gasteiger partial charge in [-0.1, -0.05) is 29.8 Å². The average molecular weight is 484 g/mol. The van der Waals surface area contributed by atoms with Crippen molar-refractivity contribution in [2.75, 3.05) is 26.3 Å². The predicted molar refractivity (Wildman–Crippen MR) is 135 cm³/mol. The number of benzene rings is 2. The van der Waals surface area contributed by atoms with Crippen LogP contribution in [0.1, 0.15) is 36.8 Å². The van der Waals surface area contributed by atoms with Gasteiger partial charge in [-0.3, -0.25) is 9.58 Å². The summed E-state index contributed by atoms with van der Waals surface area (Å²) >= 11 is 6.25. The van der Waals surface area contributed by atoms with Crippen molar-refractivity contribution in [2.45, 2.75) is 51.3 Å². The SMILES string of the molecule is Cc1ccc(Cl)c(OCC2(O)CCCN(Cc3cccc(OCCCn4cccn4)c3)CC2)c1. The number of hydrogen-bond donors (Lipinski definition) is 1. The van der Waals surface area contributed by atoms with Gasteiger partial charge in [-0.2, -0.15) is 5.10 Å². The molecule has 0 radical (unpaired) electrons. The summed E-state index contributed by atoms with van der Waals surface area (Å²) in [6.45, 7) is 6.37. The second kappa shape index (κ2) is 11.7. The van der Waals surface area contributed by atoms with Crippen LogP contribution in [0.15, 0.2) is 60.9 Å². The third-order valence-electron chi connectivity index (χ3n) is 6.26. The molecule has 0 bridgehead atoms. The molecule has 1 fully saturated rings. The minimum Gasteiger partial charge on any atom is -0.494 e. The quantitative estimate of drug-likeness (QED) is 0.406. The van der Waals surface area contributed by atoms with Crippen LogP contribution in [-0.2, 0) is 13.1 Å². The minimum absolute atomic E-state index is 0.256. The van der Waals surface area contributed by atoms with E-state index >= 15 is 0 Å². The lowest BCUT2D eigenvalue weighted by Crippen LogP contribution is -2.37. The molecule has 1 N–H and O–H groups in total. The Morgan fingerprint density at radius 3 is 2.85 bits per heavy atom. The Bertz CT molecular complexity index is 1040. The van der Waals surface area contributed by atoms with Crippen LogP contribution in [0.2, 0.25) is 5.02 Å². The summed E-state index contributed by atoms with van der Waals surface area (Å²) in [5.74, 6) is 1.53. The van der Waals surface area contributed by atoms with E-state index in [9.17, 15) is 5.11 Å². The molecule has 1 aromatic heterocycles. The van der Waals surface area contributed by atoms with Gasteiger partial charge < -0.3 is 14.6 Å². The van der Waals surface area contributed by atoms with Crippen molar-refractivity contribution in [2.24, 2.45) is 0 Å². The van der Waals surface area contributed by atoms with Crippen LogP contribution < -0.4 is 9.47 Å². The topological polar surface area (TPSA) is 59.8 Å². The monoisotopic (exact) mass is 483 g/mol. The first-order valence-electron chi connectivity index (χ1n) is 12.0. The Kier molecular flexibility index (Phi) is 8.48. The van der Waals surface area contributed by atoms with E-state index in [1.165, 1.54) is 5.56 Å². The fourth-order valence-electron chi connectivity index (χ4n) is 4.31. The Balaban J connectivity index is 1.24. The number of aliphatic hydroxyl groups is 1. The van der Waals surface area contributed by atoms with Gasteiger partial charge in [0.15, 0.2) is 0 Å². The van der Waals surface area contributed by atoms with Gasteiger partial charge in [0, 0.05) is 38.4 Å². The van der Waals surface area contributed by atoms with Gasteiger partial charge in [0.2, 0.25) is 0 Å². The number of aromatic nitrogens is 2. The van der Waals surface area contributed by atoms with Crippen LogP contribution in [0.3, 0.4) is 0 Å². The highest BCUT2D eigenvalue weighted by atomic mass is 35.5. The third-order valence-corrected chi connectivity index (χ3v) is 6.57. The Morgan fingerprint density at radius 1 is 1.09 bits per heavy atom. The molecular formula is C27H34ClN3O3. The van der Waals surface area contributed by atoms with E-state index < -0.39 is 5.60 Å². The van der Waals surface area contributed by atoms with Gasteiger partial charge in [-0.05, 0) is 74.2 Å². The lowest BCUT2D eigenvalue weighted by molar-refractivity contribution is -0.0168. The van der Waals surface area contributed by atoms with Crippen molar-refractivity contribution in [3.63, 3.8) is 0 Å². The van der Waals surface area contributed by atoms with Crippen LogP contribution in [-0.4, -0.2) is 51.7 Å². The van der Waals surface area contributed by atoms with Gasteiger partial charge in [-0.15, -0.1) is 0 Å². The van der Waals surface area contributed by atoms with Gasteiger partial charge in [0.1, 0.15) is 18.1 Å². The van der Waals surface area contributed by atoms with Crippen LogP contribution in [0, 0.1) is 6.92 Å². The van der Waals surface area contributed by atoms with E-state index in [1.54, 1.807) is 6.20 Å². The highest BCUT2D eigenvalue weighted by Crippen LogP contribution is 2.29. The van der Waals surface area contributed by atoms with Crippen molar-refractivity contribution in [3.8, 4) is 11.5 Å². The van der Waals surface area contributed by atoms with Gasteiger partial charge >= 0.3 is 0 Å². The number of rotatable bonds is 10. The maximum atomic E-state index is 11.2. The zero-order chi connectivity index (χ0) is 23.8. The van der Waals surface area contributed by atoms with Crippen molar-refractivity contribution in [3.05, 3.63) is 77.1 Å². The first-order chi connectivity index (χ1) is 16.5. The number of halogens is 1. The molecule has 0 amide bonds. The van der Waals surface area contributed by atoms with E-state index in [0.29, 0.717) is 30.2 Å². The summed E-state index contributed by atoms with van der Waals surface area (Å²) in [4.78, 5) is 2.40. The summed E-state index contributed by atoms with van der Waals surface area (Å²) in [6.07, 6.45) is 6.97. The van der Waals surface area contributed by atoms with E-state index in [-0.39, 0.29) is 6.61 Å². The molecule has 0 spiro atoms. The maximum absolute atomic E-state index is 11.2. The number of hydrogen-bond acceptors (Lipinski definition) is 5. The standard InChI is InChI=1S/C27H34ClN3O3/c1-22-8-9-25(28)26(18-22)34-21-27(32)10-3-13-30(16-11-27)20-23-6-2-7-24(19-23)33-17-5-15-31-14-4-12-29-31/h2,4,6-9,12,14,18-19,32H,3,5,10-11,13,15-17,20-21H2,1H3. The molecule has 2 heterocycles. The Hall–Kier alpha value is -2.54. The molecule has 4 rings (SSSR count). The predicted octanol–water partition coefficient (Wildman–Crippen LogP) is 5.11. The number of aryl methyl sites for hydroxylation is 2. The van der Waals surface area contributed by atoms with Crippen molar-refractivity contribution in [1.82, 2.24) is 14.7 Å². The molecule has 182 valence electrons. The maximum Gasteiger partial charge on any atom is 0.138 e. The second-order valence-electron chi connectivity index (χ2n) is 9.20. The highest BCUT2D eigenvalue weighted by Gasteiger charge is 2.31. The molecule has 1 aliphatic rings. The largest absolute Gasteiger partial charge is 0.494 e. The van der Waals surface area contributed by atoms with E-state index in [1.807, 2.05) is 54.2 Å². The molecule has 2 aromatic carbocycles. The third kappa shape index (κ3) is 7.23. The van der Waals surface area contributed by atoms with Crippen LogP contribution >= 0.6 is 11.6 Å². The van der Waals surface area contributed by atoms with Gasteiger partial charge in [0.05, 0.1) is 17.2 Å². The van der Waals surface area contributed by atoms with Gasteiger partial charge in [-0.25, -0.2) is 0 Å². The second-order valence-corrected chi connectivity index (χ2v) is 9.60.